The second kappa shape index (κ2) is 17.0. The number of unbranched alkanes of at least 4 members (excludes halogenated alkanes) is 7. The number of hydrogen-bond acceptors (Lipinski definition) is 6. The van der Waals surface area contributed by atoms with Crippen LogP contribution in [-0.4, -0.2) is 80.6 Å². The van der Waals surface area contributed by atoms with Crippen molar-refractivity contribution in [1.29, 1.82) is 0 Å². The number of carbonyl (C=O) groups is 3. The van der Waals surface area contributed by atoms with Crippen LogP contribution in [-0.2, 0) is 28.6 Å². The van der Waals surface area contributed by atoms with E-state index >= 15 is 0 Å². The summed E-state index contributed by atoms with van der Waals surface area (Å²) in [7, 11) is 5.44. The molecule has 2 unspecified atom stereocenters. The van der Waals surface area contributed by atoms with Crippen LogP contribution in [0.15, 0.2) is 0 Å². The highest BCUT2D eigenvalue weighted by molar-refractivity contribution is 5.72. The Morgan fingerprint density at radius 2 is 1.48 bits per heavy atom. The summed E-state index contributed by atoms with van der Waals surface area (Å²) in [6, 6.07) is -0.601. The number of carboxylic acids is 1. The molecule has 8 heteroatoms. The Bertz CT molecular complexity index is 517. The fraction of sp³-hybridized carbons (Fsp3) is 0.870. The molecule has 0 heterocycles. The molecule has 0 aliphatic heterocycles. The van der Waals surface area contributed by atoms with Crippen molar-refractivity contribution in [3.8, 4) is 0 Å². The van der Waals surface area contributed by atoms with Crippen LogP contribution in [0.1, 0.15) is 78.1 Å². The van der Waals surface area contributed by atoms with E-state index in [1.54, 1.807) is 0 Å². The molecule has 2 atom stereocenters. The monoisotopic (exact) mass is 446 g/mol. The van der Waals surface area contributed by atoms with Gasteiger partial charge in [0.15, 0.2) is 12.1 Å². The summed E-state index contributed by atoms with van der Waals surface area (Å²) in [5, 5.41) is 9.36. The summed E-state index contributed by atoms with van der Waals surface area (Å²) in [5.41, 5.74) is 0. The van der Waals surface area contributed by atoms with Crippen molar-refractivity contribution in [3.05, 3.63) is 0 Å². The summed E-state index contributed by atoms with van der Waals surface area (Å²) >= 11 is 0. The normalized spacial score (nSPS) is 13.5. The van der Waals surface area contributed by atoms with Gasteiger partial charge >= 0.3 is 17.9 Å². The number of carboxylic acid groups (broad SMARTS) is 1. The van der Waals surface area contributed by atoms with Gasteiger partial charge in [0, 0.05) is 19.8 Å². The molecule has 182 valence electrons. The summed E-state index contributed by atoms with van der Waals surface area (Å²) in [4.78, 5) is 34.7. The van der Waals surface area contributed by atoms with E-state index in [9.17, 15) is 19.5 Å². The third-order valence-electron chi connectivity index (χ3n) is 5.06. The SMILES string of the molecule is CCCCCCCCCCC(=O)OC(COCCC(C(=O)O)[N+](C)(C)C)COC(C)=O. The number of quaternary nitrogens is 1. The van der Waals surface area contributed by atoms with Crippen molar-refractivity contribution >= 4 is 17.9 Å². The van der Waals surface area contributed by atoms with E-state index in [4.69, 9.17) is 14.2 Å². The average Bonchev–Trinajstić information content (AvgIpc) is 2.66. The Balaban J connectivity index is 4.27. The molecular weight excluding hydrogens is 402 g/mol. The minimum absolute atomic E-state index is 0.0555. The molecule has 31 heavy (non-hydrogen) atoms. The van der Waals surface area contributed by atoms with E-state index in [0.29, 0.717) is 12.8 Å². The summed E-state index contributed by atoms with van der Waals surface area (Å²) in [5.74, 6) is -1.68. The largest absolute Gasteiger partial charge is 0.477 e. The number of ether oxygens (including phenoxy) is 3. The molecule has 0 aliphatic rings. The van der Waals surface area contributed by atoms with Gasteiger partial charge in [0.25, 0.3) is 0 Å². The van der Waals surface area contributed by atoms with Gasteiger partial charge in [0.05, 0.1) is 34.4 Å². The molecule has 0 aromatic rings. The quantitative estimate of drug-likeness (QED) is 0.184. The lowest BCUT2D eigenvalue weighted by Crippen LogP contribution is -2.50. The van der Waals surface area contributed by atoms with Crippen molar-refractivity contribution in [2.75, 3.05) is 41.0 Å². The first-order valence-corrected chi connectivity index (χ1v) is 11.5. The molecule has 0 aromatic carbocycles. The third kappa shape index (κ3) is 16.7. The number of hydrogen-bond donors (Lipinski definition) is 1. The fourth-order valence-electron chi connectivity index (χ4n) is 3.23. The van der Waals surface area contributed by atoms with Gasteiger partial charge in [-0.1, -0.05) is 51.9 Å². The standard InChI is InChI=1S/C23H43NO7/c1-6-7-8-9-10-11-12-13-14-22(26)31-20(18-30-19(2)25)17-29-16-15-21(23(27)28)24(3,4)5/h20-21H,6-18H2,1-5H3/p+1. The van der Waals surface area contributed by atoms with Crippen LogP contribution >= 0.6 is 0 Å². The lowest BCUT2D eigenvalue weighted by Gasteiger charge is -2.31. The molecule has 0 radical (unpaired) electrons. The van der Waals surface area contributed by atoms with Crippen LogP contribution in [0.5, 0.6) is 0 Å². The van der Waals surface area contributed by atoms with Gasteiger partial charge in [0.1, 0.15) is 6.61 Å². The van der Waals surface area contributed by atoms with Crippen molar-refractivity contribution in [1.82, 2.24) is 0 Å². The molecule has 0 fully saturated rings. The maximum atomic E-state index is 12.1. The Labute approximate surface area is 187 Å². The summed E-state index contributed by atoms with van der Waals surface area (Å²) in [6.45, 7) is 3.68. The van der Waals surface area contributed by atoms with E-state index in [1.165, 1.54) is 39.0 Å². The number of carbonyl (C=O) groups excluding carboxylic acids is 2. The first-order valence-electron chi connectivity index (χ1n) is 11.5. The number of nitrogens with zero attached hydrogens (tertiary/aromatic N) is 1. The second-order valence-corrected chi connectivity index (χ2v) is 8.97. The molecule has 0 aliphatic carbocycles. The molecule has 1 N–H and O–H groups in total. The van der Waals surface area contributed by atoms with Gasteiger partial charge in [-0.15, -0.1) is 0 Å². The van der Waals surface area contributed by atoms with Crippen LogP contribution in [0, 0.1) is 0 Å². The molecule has 0 saturated carbocycles. The van der Waals surface area contributed by atoms with Gasteiger partial charge in [0.2, 0.25) is 0 Å². The molecule has 0 saturated heterocycles. The number of aliphatic carboxylic acids is 1. The van der Waals surface area contributed by atoms with Crippen LogP contribution in [0.2, 0.25) is 0 Å². The molecule has 0 spiro atoms. The zero-order valence-corrected chi connectivity index (χ0v) is 20.2. The van der Waals surface area contributed by atoms with Crippen LogP contribution in [0.25, 0.3) is 0 Å². The number of likely N-dealkylation sites (N-methyl/N-ethyl adjacent to an activating group) is 1. The van der Waals surface area contributed by atoms with Gasteiger partial charge in [-0.25, -0.2) is 4.79 Å². The van der Waals surface area contributed by atoms with Crippen LogP contribution in [0.4, 0.5) is 0 Å². The highest BCUT2D eigenvalue weighted by atomic mass is 16.6. The first kappa shape index (κ1) is 29.3. The lowest BCUT2D eigenvalue weighted by molar-refractivity contribution is -0.887. The molecule has 0 aromatic heterocycles. The highest BCUT2D eigenvalue weighted by Gasteiger charge is 2.31. The fourth-order valence-corrected chi connectivity index (χ4v) is 3.23. The van der Waals surface area contributed by atoms with Gasteiger partial charge < -0.3 is 23.8 Å². The van der Waals surface area contributed by atoms with Crippen molar-refractivity contribution in [2.45, 2.75) is 90.2 Å². The Morgan fingerprint density at radius 3 is 2.00 bits per heavy atom. The van der Waals surface area contributed by atoms with Gasteiger partial charge in [-0.3, -0.25) is 9.59 Å². The summed E-state index contributed by atoms with van der Waals surface area (Å²) in [6.07, 6.45) is 9.08. The van der Waals surface area contributed by atoms with E-state index in [0.717, 1.165) is 19.3 Å². The van der Waals surface area contributed by atoms with E-state index in [-0.39, 0.29) is 30.3 Å². The molecule has 8 nitrogen and oxygen atoms in total. The van der Waals surface area contributed by atoms with Gasteiger partial charge in [-0.2, -0.15) is 0 Å². The van der Waals surface area contributed by atoms with Crippen molar-refractivity contribution in [3.63, 3.8) is 0 Å². The zero-order valence-electron chi connectivity index (χ0n) is 20.2. The molecule has 0 amide bonds. The summed E-state index contributed by atoms with van der Waals surface area (Å²) < 4.78 is 16.2. The topological polar surface area (TPSA) is 99.1 Å². The Morgan fingerprint density at radius 1 is 0.903 bits per heavy atom. The zero-order chi connectivity index (χ0) is 23.7. The van der Waals surface area contributed by atoms with Gasteiger partial charge in [-0.05, 0) is 6.42 Å². The van der Waals surface area contributed by atoms with E-state index < -0.39 is 24.1 Å². The lowest BCUT2D eigenvalue weighted by atomic mass is 10.1. The van der Waals surface area contributed by atoms with E-state index in [2.05, 4.69) is 6.92 Å². The Hall–Kier alpha value is -1.67. The predicted molar refractivity (Wildman–Crippen MR) is 119 cm³/mol. The minimum atomic E-state index is -0.885. The highest BCUT2D eigenvalue weighted by Crippen LogP contribution is 2.11. The predicted octanol–water partition coefficient (Wildman–Crippen LogP) is 3.56. The number of rotatable bonds is 19. The number of esters is 2. The molecular formula is C23H44NO7+. The van der Waals surface area contributed by atoms with Crippen molar-refractivity contribution in [2.24, 2.45) is 0 Å². The maximum absolute atomic E-state index is 12.1. The average molecular weight is 447 g/mol. The van der Waals surface area contributed by atoms with E-state index in [1.807, 2.05) is 21.1 Å². The third-order valence-corrected chi connectivity index (χ3v) is 5.06. The maximum Gasteiger partial charge on any atom is 0.362 e. The first-order chi connectivity index (χ1) is 14.6. The second-order valence-electron chi connectivity index (χ2n) is 8.97. The smallest absolute Gasteiger partial charge is 0.362 e. The van der Waals surface area contributed by atoms with Crippen LogP contribution in [0.3, 0.4) is 0 Å². The van der Waals surface area contributed by atoms with Crippen molar-refractivity contribution < 1.29 is 38.2 Å². The molecule has 0 bridgehead atoms. The molecule has 0 rings (SSSR count). The minimum Gasteiger partial charge on any atom is -0.477 e. The Kier molecular flexibility index (Phi) is 16.0. The van der Waals surface area contributed by atoms with Crippen LogP contribution < -0.4 is 0 Å².